The summed E-state index contributed by atoms with van der Waals surface area (Å²) in [5.41, 5.74) is 0.0269. The minimum Gasteiger partial charge on any atom is -0.479 e. The molecule has 0 radical (unpaired) electrons. The van der Waals surface area contributed by atoms with E-state index in [1.165, 1.54) is 6.26 Å². The molecule has 1 atom stereocenters. The number of fused-ring (bicyclic) bond motifs is 1. The van der Waals surface area contributed by atoms with Crippen molar-refractivity contribution in [1.82, 2.24) is 0 Å². The molecule has 0 aliphatic heterocycles. The van der Waals surface area contributed by atoms with Crippen molar-refractivity contribution >= 4 is 32.9 Å². The number of ether oxygens (including phenoxy) is 3. The molecule has 152 valence electrons. The van der Waals surface area contributed by atoms with Crippen molar-refractivity contribution in [2.24, 2.45) is 0 Å². The lowest BCUT2D eigenvalue weighted by molar-refractivity contribution is -0.151. The van der Waals surface area contributed by atoms with Crippen molar-refractivity contribution in [2.45, 2.75) is 32.8 Å². The minimum atomic E-state index is -0.769. The van der Waals surface area contributed by atoms with E-state index in [1.54, 1.807) is 37.3 Å². The number of carbonyl (C=O) groups excluding carboxylic acids is 1. The maximum absolute atomic E-state index is 12.7. The van der Waals surface area contributed by atoms with Gasteiger partial charge in [-0.2, -0.15) is 0 Å². The van der Waals surface area contributed by atoms with Crippen LogP contribution in [0.2, 0.25) is 0 Å². The average molecular weight is 461 g/mol. The van der Waals surface area contributed by atoms with E-state index in [2.05, 4.69) is 15.9 Å². The summed E-state index contributed by atoms with van der Waals surface area (Å²) in [5, 5.41) is 0.347. The second kappa shape index (κ2) is 9.60. The van der Waals surface area contributed by atoms with Gasteiger partial charge in [-0.3, -0.25) is 4.79 Å². The van der Waals surface area contributed by atoms with Crippen LogP contribution in [0.5, 0.6) is 17.2 Å². The molecule has 3 aromatic rings. The van der Waals surface area contributed by atoms with Gasteiger partial charge in [0, 0.05) is 6.07 Å². The summed E-state index contributed by atoms with van der Waals surface area (Å²) in [5.74, 6) is 0.553. The fraction of sp³-hybridized carbons (Fsp3) is 0.273. The van der Waals surface area contributed by atoms with E-state index >= 15 is 0 Å². The van der Waals surface area contributed by atoms with Crippen LogP contribution in [0.15, 0.2) is 62.4 Å². The average Bonchev–Trinajstić information content (AvgIpc) is 2.71. The highest BCUT2D eigenvalue weighted by atomic mass is 79.9. The van der Waals surface area contributed by atoms with Crippen LogP contribution >= 0.6 is 15.9 Å². The van der Waals surface area contributed by atoms with Gasteiger partial charge < -0.3 is 18.6 Å². The third kappa shape index (κ3) is 5.17. The molecule has 0 spiro atoms. The highest BCUT2D eigenvalue weighted by molar-refractivity contribution is 9.10. The molecule has 1 aromatic heterocycles. The Bertz CT molecular complexity index is 1060. The number of rotatable bonds is 8. The van der Waals surface area contributed by atoms with Crippen molar-refractivity contribution in [2.75, 3.05) is 6.61 Å². The molecule has 0 unspecified atom stereocenters. The van der Waals surface area contributed by atoms with Crippen LogP contribution < -0.4 is 14.9 Å². The number of esters is 1. The zero-order valence-electron chi connectivity index (χ0n) is 16.1. The molecule has 0 aliphatic rings. The Balaban J connectivity index is 1.77. The maximum Gasteiger partial charge on any atom is 0.347 e. The van der Waals surface area contributed by atoms with Crippen LogP contribution in [-0.2, 0) is 9.53 Å². The van der Waals surface area contributed by atoms with Gasteiger partial charge in [-0.05, 0) is 53.5 Å². The molecule has 7 heteroatoms. The lowest BCUT2D eigenvalue weighted by atomic mass is 10.2. The standard InChI is InChI=1S/C22H21BrO6/c1-3-4-11-26-22(25)14(2)28-15-9-10-16-19(12-15)27-13-20(21(16)24)29-18-8-6-5-7-17(18)23/h5-10,12-14H,3-4,11H2,1-2H3/t14-/m0/s1. The van der Waals surface area contributed by atoms with Gasteiger partial charge in [-0.15, -0.1) is 0 Å². The maximum atomic E-state index is 12.7. The fourth-order valence-corrected chi connectivity index (χ4v) is 2.93. The summed E-state index contributed by atoms with van der Waals surface area (Å²) in [6.45, 7) is 4.00. The number of halogens is 1. The molecule has 1 heterocycles. The third-order valence-electron chi connectivity index (χ3n) is 4.16. The number of hydrogen-bond acceptors (Lipinski definition) is 6. The molecular formula is C22H21BrO6. The lowest BCUT2D eigenvalue weighted by Gasteiger charge is -2.14. The van der Waals surface area contributed by atoms with Gasteiger partial charge in [-0.25, -0.2) is 4.79 Å². The predicted molar refractivity (Wildman–Crippen MR) is 113 cm³/mol. The molecule has 0 bridgehead atoms. The first kappa shape index (κ1) is 20.9. The molecule has 0 amide bonds. The fourth-order valence-electron chi connectivity index (χ4n) is 2.57. The van der Waals surface area contributed by atoms with E-state index in [0.29, 0.717) is 29.1 Å². The first-order chi connectivity index (χ1) is 14.0. The van der Waals surface area contributed by atoms with Gasteiger partial charge >= 0.3 is 5.97 Å². The summed E-state index contributed by atoms with van der Waals surface area (Å²) in [6.07, 6.45) is 2.24. The molecule has 0 saturated heterocycles. The number of unbranched alkanes of at least 4 members (excludes halogenated alkanes) is 1. The van der Waals surface area contributed by atoms with Crippen molar-refractivity contribution in [3.05, 3.63) is 63.4 Å². The second-order valence-electron chi connectivity index (χ2n) is 6.40. The molecule has 2 aromatic carbocycles. The van der Waals surface area contributed by atoms with E-state index in [1.807, 2.05) is 19.1 Å². The number of benzene rings is 2. The summed E-state index contributed by atoms with van der Waals surface area (Å²) < 4.78 is 22.7. The Labute approximate surface area is 176 Å². The molecule has 3 rings (SSSR count). The van der Waals surface area contributed by atoms with Crippen LogP contribution in [0, 0.1) is 0 Å². The Kier molecular flexibility index (Phi) is 6.93. The number of carbonyl (C=O) groups is 1. The van der Waals surface area contributed by atoms with Crippen molar-refractivity contribution in [1.29, 1.82) is 0 Å². The van der Waals surface area contributed by atoms with Crippen LogP contribution in [0.1, 0.15) is 26.7 Å². The van der Waals surface area contributed by atoms with Gasteiger partial charge in [0.15, 0.2) is 6.10 Å². The summed E-state index contributed by atoms with van der Waals surface area (Å²) in [7, 11) is 0. The quantitative estimate of drug-likeness (QED) is 0.328. The van der Waals surface area contributed by atoms with Gasteiger partial charge in [-0.1, -0.05) is 25.5 Å². The van der Waals surface area contributed by atoms with Gasteiger partial charge in [0.05, 0.1) is 16.5 Å². The normalized spacial score (nSPS) is 11.8. The zero-order chi connectivity index (χ0) is 20.8. The van der Waals surface area contributed by atoms with E-state index in [-0.39, 0.29) is 11.2 Å². The number of para-hydroxylation sites is 1. The largest absolute Gasteiger partial charge is 0.479 e. The van der Waals surface area contributed by atoms with Crippen molar-refractivity contribution in [3.8, 4) is 17.2 Å². The Morgan fingerprint density at radius 2 is 1.97 bits per heavy atom. The van der Waals surface area contributed by atoms with E-state index in [9.17, 15) is 9.59 Å². The zero-order valence-corrected chi connectivity index (χ0v) is 17.7. The van der Waals surface area contributed by atoms with Crippen molar-refractivity contribution < 1.29 is 23.4 Å². The molecule has 0 fully saturated rings. The van der Waals surface area contributed by atoms with Crippen LogP contribution in [-0.4, -0.2) is 18.7 Å². The van der Waals surface area contributed by atoms with Crippen LogP contribution in [0.25, 0.3) is 11.0 Å². The molecule has 0 aliphatic carbocycles. The lowest BCUT2D eigenvalue weighted by Crippen LogP contribution is -2.26. The van der Waals surface area contributed by atoms with E-state index < -0.39 is 12.1 Å². The van der Waals surface area contributed by atoms with Gasteiger partial charge in [0.25, 0.3) is 0 Å². The number of hydrogen-bond donors (Lipinski definition) is 0. The van der Waals surface area contributed by atoms with Crippen molar-refractivity contribution in [3.63, 3.8) is 0 Å². The smallest absolute Gasteiger partial charge is 0.347 e. The molecule has 0 saturated carbocycles. The van der Waals surface area contributed by atoms with Crippen LogP contribution in [0.3, 0.4) is 0 Å². The van der Waals surface area contributed by atoms with Gasteiger partial charge in [0.1, 0.15) is 23.3 Å². The Morgan fingerprint density at radius 1 is 1.17 bits per heavy atom. The van der Waals surface area contributed by atoms with Crippen LogP contribution in [0.4, 0.5) is 0 Å². The second-order valence-corrected chi connectivity index (χ2v) is 7.25. The highest BCUT2D eigenvalue weighted by Gasteiger charge is 2.17. The molecule has 6 nitrogen and oxygen atoms in total. The molecular weight excluding hydrogens is 440 g/mol. The van der Waals surface area contributed by atoms with E-state index in [4.69, 9.17) is 18.6 Å². The first-order valence-corrected chi connectivity index (χ1v) is 10.1. The highest BCUT2D eigenvalue weighted by Crippen LogP contribution is 2.29. The first-order valence-electron chi connectivity index (χ1n) is 9.31. The summed E-state index contributed by atoms with van der Waals surface area (Å²) in [6, 6.07) is 12.0. The Morgan fingerprint density at radius 3 is 2.72 bits per heavy atom. The van der Waals surface area contributed by atoms with E-state index in [0.717, 1.165) is 17.3 Å². The predicted octanol–water partition coefficient (Wildman–Crippen LogP) is 5.46. The van der Waals surface area contributed by atoms with Gasteiger partial charge in [0.2, 0.25) is 11.2 Å². The summed E-state index contributed by atoms with van der Waals surface area (Å²) >= 11 is 3.38. The molecule has 29 heavy (non-hydrogen) atoms. The monoisotopic (exact) mass is 460 g/mol. The Hall–Kier alpha value is -2.80. The molecule has 0 N–H and O–H groups in total. The minimum absolute atomic E-state index is 0.0749. The SMILES string of the molecule is CCCCOC(=O)[C@H](C)Oc1ccc2c(=O)c(Oc3ccccc3Br)coc2c1. The topological polar surface area (TPSA) is 75.0 Å². The summed E-state index contributed by atoms with van der Waals surface area (Å²) in [4.78, 5) is 24.7. The third-order valence-corrected chi connectivity index (χ3v) is 4.81.